The lowest BCUT2D eigenvalue weighted by molar-refractivity contribution is -0.115. The molecule has 1 fully saturated rings. The summed E-state index contributed by atoms with van der Waals surface area (Å²) in [5, 5.41) is 5.54. The number of benzene rings is 3. The molecule has 0 unspecified atom stereocenters. The molecule has 4 aromatic rings. The highest BCUT2D eigenvalue weighted by molar-refractivity contribution is 7.89. The third-order valence-corrected chi connectivity index (χ3v) is 8.91. The fourth-order valence-corrected chi connectivity index (χ4v) is 6.45. The summed E-state index contributed by atoms with van der Waals surface area (Å²) in [6, 6.07) is 30.4. The minimum absolute atomic E-state index is 0.0533. The Labute approximate surface area is 245 Å². The van der Waals surface area contributed by atoms with Gasteiger partial charge >= 0.3 is 0 Å². The van der Waals surface area contributed by atoms with Crippen molar-refractivity contribution < 1.29 is 17.6 Å². The topological polar surface area (TPSA) is 94.9 Å². The van der Waals surface area contributed by atoms with Crippen molar-refractivity contribution in [1.82, 2.24) is 14.5 Å². The maximum atomic E-state index is 13.4. The first-order valence-corrected chi connectivity index (χ1v) is 15.0. The lowest BCUT2D eigenvalue weighted by Gasteiger charge is -2.39. The monoisotopic (exact) mass is 586 g/mol. The summed E-state index contributed by atoms with van der Waals surface area (Å²) in [5.74, 6) is 0.128. The molecule has 1 aliphatic rings. The van der Waals surface area contributed by atoms with Gasteiger partial charge in [-0.2, -0.15) is 4.31 Å². The predicted molar refractivity (Wildman–Crippen MR) is 164 cm³/mol. The number of piperazine rings is 1. The van der Waals surface area contributed by atoms with E-state index in [9.17, 15) is 13.2 Å². The lowest BCUT2D eigenvalue weighted by Crippen LogP contribution is -2.49. The summed E-state index contributed by atoms with van der Waals surface area (Å²) in [4.78, 5) is 14.6. The Kier molecular flexibility index (Phi) is 9.05. The highest BCUT2D eigenvalue weighted by atomic mass is 32.2. The molecule has 2 heterocycles. The zero-order chi connectivity index (χ0) is 28.7. The summed E-state index contributed by atoms with van der Waals surface area (Å²) in [5.41, 5.74) is 2.92. The number of amides is 1. The van der Waals surface area contributed by atoms with Crippen LogP contribution in [0.2, 0.25) is 0 Å². The van der Waals surface area contributed by atoms with Crippen LogP contribution in [0.25, 0.3) is 6.08 Å². The summed E-state index contributed by atoms with van der Waals surface area (Å²) in [7, 11) is -3.68. The van der Waals surface area contributed by atoms with Crippen molar-refractivity contribution in [2.75, 3.05) is 31.5 Å². The van der Waals surface area contributed by atoms with Gasteiger partial charge in [0.15, 0.2) is 5.11 Å². The third kappa shape index (κ3) is 7.17. The molecular formula is C31H30N4O4S2. The van der Waals surface area contributed by atoms with E-state index in [2.05, 4.69) is 39.8 Å². The van der Waals surface area contributed by atoms with Crippen LogP contribution in [0.4, 0.5) is 5.69 Å². The molecule has 1 aromatic heterocycles. The molecule has 10 heteroatoms. The Hall–Kier alpha value is -4.09. The predicted octanol–water partition coefficient (Wildman–Crippen LogP) is 4.90. The Morgan fingerprint density at radius 2 is 1.44 bits per heavy atom. The number of carbonyl (C=O) groups is 1. The van der Waals surface area contributed by atoms with E-state index in [1.807, 2.05) is 36.4 Å². The molecule has 0 radical (unpaired) electrons. The lowest BCUT2D eigenvalue weighted by atomic mass is 9.96. The van der Waals surface area contributed by atoms with E-state index in [0.717, 1.165) is 0 Å². The standard InChI is InChI=1S/C31H30N4O4S2/c36-29(18-15-27-12-7-23-39-27)33-31(40)32-26-13-16-28(17-14-26)41(37,38)35-21-19-34(20-22-35)30(24-8-3-1-4-9-24)25-10-5-2-6-11-25/h1-18,23,30H,19-22H2,(H2,32,33,36,40). The number of hydrogen-bond donors (Lipinski definition) is 2. The van der Waals surface area contributed by atoms with Crippen LogP contribution in [-0.2, 0) is 14.8 Å². The number of hydrogen-bond acceptors (Lipinski definition) is 6. The molecule has 0 atom stereocenters. The van der Waals surface area contributed by atoms with E-state index in [0.29, 0.717) is 37.6 Å². The highest BCUT2D eigenvalue weighted by Gasteiger charge is 2.32. The average molecular weight is 587 g/mol. The van der Waals surface area contributed by atoms with Crippen molar-refractivity contribution in [3.63, 3.8) is 0 Å². The molecular weight excluding hydrogens is 556 g/mol. The second kappa shape index (κ2) is 13.0. The van der Waals surface area contributed by atoms with Gasteiger partial charge in [0.05, 0.1) is 17.2 Å². The molecule has 1 amide bonds. The second-order valence-electron chi connectivity index (χ2n) is 9.48. The van der Waals surface area contributed by atoms with Crippen molar-refractivity contribution in [3.8, 4) is 0 Å². The number of rotatable bonds is 8. The second-order valence-corrected chi connectivity index (χ2v) is 11.8. The highest BCUT2D eigenvalue weighted by Crippen LogP contribution is 2.30. The number of sulfonamides is 1. The first kappa shape index (κ1) is 28.4. The van der Waals surface area contributed by atoms with Crippen molar-refractivity contribution in [2.45, 2.75) is 10.9 Å². The van der Waals surface area contributed by atoms with Crippen LogP contribution < -0.4 is 10.6 Å². The molecule has 1 aliphatic heterocycles. The summed E-state index contributed by atoms with van der Waals surface area (Å²) >= 11 is 5.21. The number of nitrogens with one attached hydrogen (secondary N) is 2. The largest absolute Gasteiger partial charge is 0.465 e. The van der Waals surface area contributed by atoms with Gasteiger partial charge < -0.3 is 9.73 Å². The van der Waals surface area contributed by atoms with E-state index < -0.39 is 15.9 Å². The summed E-state index contributed by atoms with van der Waals surface area (Å²) in [6.07, 6.45) is 4.35. The Morgan fingerprint density at radius 1 is 0.829 bits per heavy atom. The molecule has 0 aliphatic carbocycles. The number of thiocarbonyl (C=S) groups is 1. The quantitative estimate of drug-likeness (QED) is 0.224. The van der Waals surface area contributed by atoms with Gasteiger partial charge in [-0.1, -0.05) is 60.7 Å². The Balaban J connectivity index is 1.19. The molecule has 0 spiro atoms. The fraction of sp³-hybridized carbons (Fsp3) is 0.161. The average Bonchev–Trinajstić information content (AvgIpc) is 3.52. The van der Waals surface area contributed by atoms with Crippen LogP contribution in [-0.4, -0.2) is 54.8 Å². The molecule has 8 nitrogen and oxygen atoms in total. The van der Waals surface area contributed by atoms with Crippen LogP contribution in [0.1, 0.15) is 22.9 Å². The van der Waals surface area contributed by atoms with Crippen molar-refractivity contribution in [1.29, 1.82) is 0 Å². The number of carbonyl (C=O) groups excluding carboxylic acids is 1. The molecule has 2 N–H and O–H groups in total. The molecule has 1 saturated heterocycles. The SMILES string of the molecule is O=C(C=Cc1ccco1)NC(=S)Nc1ccc(S(=O)(=O)N2CCN(C(c3ccccc3)c3ccccc3)CC2)cc1. The van der Waals surface area contributed by atoms with Gasteiger partial charge in [-0.15, -0.1) is 0 Å². The molecule has 5 rings (SSSR count). The van der Waals surface area contributed by atoms with E-state index in [1.54, 1.807) is 36.4 Å². The summed E-state index contributed by atoms with van der Waals surface area (Å²) in [6.45, 7) is 1.99. The van der Waals surface area contributed by atoms with Crippen LogP contribution in [0.15, 0.2) is 119 Å². The van der Waals surface area contributed by atoms with Crippen LogP contribution in [0.3, 0.4) is 0 Å². The molecule has 0 saturated carbocycles. The maximum absolute atomic E-state index is 13.4. The van der Waals surface area contributed by atoms with Gasteiger partial charge in [0.1, 0.15) is 5.76 Å². The van der Waals surface area contributed by atoms with Crippen molar-refractivity contribution >= 4 is 45.0 Å². The molecule has 41 heavy (non-hydrogen) atoms. The Morgan fingerprint density at radius 3 is 2.00 bits per heavy atom. The number of nitrogens with zero attached hydrogens (tertiary/aromatic N) is 2. The molecule has 210 valence electrons. The van der Waals surface area contributed by atoms with Gasteiger partial charge in [0.25, 0.3) is 0 Å². The van der Waals surface area contributed by atoms with Gasteiger partial charge in [-0.05, 0) is 65.8 Å². The minimum atomic E-state index is -3.68. The van der Waals surface area contributed by atoms with Crippen LogP contribution in [0, 0.1) is 0 Å². The molecule has 0 bridgehead atoms. The first-order chi connectivity index (χ1) is 19.9. The number of furan rings is 1. The zero-order valence-corrected chi connectivity index (χ0v) is 23.9. The third-order valence-electron chi connectivity index (χ3n) is 6.80. The first-order valence-electron chi connectivity index (χ1n) is 13.2. The fourth-order valence-electron chi connectivity index (χ4n) is 4.81. The van der Waals surface area contributed by atoms with Gasteiger partial charge in [-0.25, -0.2) is 8.42 Å². The Bertz CT molecular complexity index is 1540. The van der Waals surface area contributed by atoms with Crippen LogP contribution in [0.5, 0.6) is 0 Å². The smallest absolute Gasteiger partial charge is 0.250 e. The van der Waals surface area contributed by atoms with Gasteiger partial charge in [-0.3, -0.25) is 15.0 Å². The van der Waals surface area contributed by atoms with E-state index >= 15 is 0 Å². The van der Waals surface area contributed by atoms with E-state index in [-0.39, 0.29) is 16.0 Å². The van der Waals surface area contributed by atoms with Gasteiger partial charge in [0.2, 0.25) is 15.9 Å². The van der Waals surface area contributed by atoms with Gasteiger partial charge in [0, 0.05) is 37.9 Å². The maximum Gasteiger partial charge on any atom is 0.250 e. The summed E-state index contributed by atoms with van der Waals surface area (Å²) < 4.78 is 33.6. The van der Waals surface area contributed by atoms with Crippen molar-refractivity contribution in [2.24, 2.45) is 0 Å². The molecule has 3 aromatic carbocycles. The zero-order valence-electron chi connectivity index (χ0n) is 22.2. The number of anilines is 1. The minimum Gasteiger partial charge on any atom is -0.465 e. The van der Waals surface area contributed by atoms with Crippen LogP contribution >= 0.6 is 12.2 Å². The van der Waals surface area contributed by atoms with Crippen molar-refractivity contribution in [3.05, 3.63) is 126 Å². The van der Waals surface area contributed by atoms with E-state index in [1.165, 1.54) is 33.8 Å². The normalized spacial score (nSPS) is 14.8. The van der Waals surface area contributed by atoms with E-state index in [4.69, 9.17) is 16.6 Å².